The second-order valence-electron chi connectivity index (χ2n) is 6.57. The molecule has 144 valence electrons. The molecule has 4 rings (SSSR count). The molecule has 0 unspecified atom stereocenters. The normalized spacial score (nSPS) is 13.0. The average molecular weight is 398 g/mol. The van der Waals surface area contributed by atoms with Crippen LogP contribution in [0.2, 0.25) is 5.02 Å². The van der Waals surface area contributed by atoms with Crippen LogP contribution in [0.3, 0.4) is 0 Å². The van der Waals surface area contributed by atoms with Gasteiger partial charge in [0.1, 0.15) is 0 Å². The number of hydrogen-bond acceptors (Lipinski definition) is 4. The van der Waals surface area contributed by atoms with E-state index in [0.717, 1.165) is 18.5 Å². The summed E-state index contributed by atoms with van der Waals surface area (Å²) in [6.07, 6.45) is 6.25. The quantitative estimate of drug-likeness (QED) is 0.713. The van der Waals surface area contributed by atoms with Crippen molar-refractivity contribution in [1.82, 2.24) is 14.9 Å². The Morgan fingerprint density at radius 1 is 1.14 bits per heavy atom. The molecule has 2 aromatic carbocycles. The van der Waals surface area contributed by atoms with Crippen LogP contribution in [-0.2, 0) is 13.1 Å². The number of rotatable bonds is 5. The fourth-order valence-electron chi connectivity index (χ4n) is 3.00. The Balaban J connectivity index is 1.39. The minimum atomic E-state index is -0.208. The van der Waals surface area contributed by atoms with Crippen molar-refractivity contribution in [3.8, 4) is 11.5 Å². The van der Waals surface area contributed by atoms with E-state index in [4.69, 9.17) is 21.1 Å². The Morgan fingerprint density at radius 3 is 2.71 bits per heavy atom. The zero-order chi connectivity index (χ0) is 19.3. The summed E-state index contributed by atoms with van der Waals surface area (Å²) < 4.78 is 13.2. The van der Waals surface area contributed by atoms with Gasteiger partial charge in [-0.1, -0.05) is 35.9 Å². The van der Waals surface area contributed by atoms with Gasteiger partial charge in [0.15, 0.2) is 11.5 Å². The lowest BCUT2D eigenvalue weighted by molar-refractivity contribution is 0.0950. The lowest BCUT2D eigenvalue weighted by Gasteiger charge is -2.12. The molecular weight excluding hydrogens is 378 g/mol. The van der Waals surface area contributed by atoms with Gasteiger partial charge in [-0.05, 0) is 23.3 Å². The topological polar surface area (TPSA) is 65.4 Å². The molecule has 0 spiro atoms. The van der Waals surface area contributed by atoms with Gasteiger partial charge in [0, 0.05) is 37.5 Å². The molecule has 3 aromatic rings. The second kappa shape index (κ2) is 8.35. The van der Waals surface area contributed by atoms with Crippen LogP contribution in [0, 0.1) is 0 Å². The van der Waals surface area contributed by atoms with Crippen LogP contribution in [0.1, 0.15) is 27.9 Å². The van der Waals surface area contributed by atoms with E-state index in [9.17, 15) is 4.79 Å². The number of fused-ring (bicyclic) bond motifs is 1. The maximum atomic E-state index is 12.5. The van der Waals surface area contributed by atoms with E-state index in [2.05, 4.69) is 10.3 Å². The zero-order valence-electron chi connectivity index (χ0n) is 15.2. The minimum Gasteiger partial charge on any atom is -0.489 e. The molecule has 0 bridgehead atoms. The summed E-state index contributed by atoms with van der Waals surface area (Å²) in [4.78, 5) is 16.6. The highest BCUT2D eigenvalue weighted by Crippen LogP contribution is 2.37. The largest absolute Gasteiger partial charge is 0.489 e. The molecule has 1 aromatic heterocycles. The van der Waals surface area contributed by atoms with E-state index in [1.54, 1.807) is 24.7 Å². The predicted octanol–water partition coefficient (Wildman–Crippen LogP) is 3.68. The van der Waals surface area contributed by atoms with Crippen molar-refractivity contribution in [1.29, 1.82) is 0 Å². The Bertz CT molecular complexity index is 956. The van der Waals surface area contributed by atoms with Gasteiger partial charge in [-0.3, -0.25) is 4.79 Å². The number of nitrogens with one attached hydrogen (secondary N) is 1. The molecule has 6 nitrogen and oxygen atoms in total. The summed E-state index contributed by atoms with van der Waals surface area (Å²) in [6, 6.07) is 11.4. The first-order valence-electron chi connectivity index (χ1n) is 9.10. The standard InChI is InChI=1S/C21H20ClN3O3/c22-18-10-17(11-19-20(18)28-9-1-8-27-19)21(26)24-12-15-2-4-16(5-3-15)13-25-7-6-23-14-25/h2-7,10-11,14H,1,8-9,12-13H2,(H,24,26). The number of aromatic nitrogens is 2. The van der Waals surface area contributed by atoms with Crippen LogP contribution in [0.25, 0.3) is 0 Å². The third kappa shape index (κ3) is 4.28. The van der Waals surface area contributed by atoms with Gasteiger partial charge in [-0.2, -0.15) is 0 Å². The highest BCUT2D eigenvalue weighted by atomic mass is 35.5. The number of carbonyl (C=O) groups excluding carboxylic acids is 1. The Kier molecular flexibility index (Phi) is 5.48. The monoisotopic (exact) mass is 397 g/mol. The van der Waals surface area contributed by atoms with Crippen LogP contribution in [0.5, 0.6) is 11.5 Å². The van der Waals surface area contributed by atoms with Gasteiger partial charge in [-0.25, -0.2) is 4.98 Å². The molecule has 7 heteroatoms. The van der Waals surface area contributed by atoms with Gasteiger partial charge in [0.2, 0.25) is 0 Å². The lowest BCUT2D eigenvalue weighted by Crippen LogP contribution is -2.22. The summed E-state index contributed by atoms with van der Waals surface area (Å²) in [5.41, 5.74) is 2.64. The third-order valence-electron chi connectivity index (χ3n) is 4.46. The van der Waals surface area contributed by atoms with E-state index < -0.39 is 0 Å². The number of halogens is 1. The summed E-state index contributed by atoms with van der Waals surface area (Å²) in [5, 5.41) is 3.30. The maximum Gasteiger partial charge on any atom is 0.251 e. The fourth-order valence-corrected chi connectivity index (χ4v) is 3.27. The van der Waals surface area contributed by atoms with Crippen LogP contribution >= 0.6 is 11.6 Å². The summed E-state index contributed by atoms with van der Waals surface area (Å²) in [7, 11) is 0. The van der Waals surface area contributed by atoms with E-state index in [0.29, 0.717) is 41.8 Å². The van der Waals surface area contributed by atoms with Crippen LogP contribution in [0.4, 0.5) is 0 Å². The number of amides is 1. The number of ether oxygens (including phenoxy) is 2. The molecule has 2 heterocycles. The average Bonchev–Trinajstić information content (AvgIpc) is 3.09. The molecule has 0 fully saturated rings. The number of nitrogens with zero attached hydrogens (tertiary/aromatic N) is 2. The van der Waals surface area contributed by atoms with Crippen molar-refractivity contribution in [3.63, 3.8) is 0 Å². The molecule has 0 aliphatic carbocycles. The van der Waals surface area contributed by atoms with E-state index in [1.165, 1.54) is 5.56 Å². The van der Waals surface area contributed by atoms with Crippen molar-refractivity contribution in [2.45, 2.75) is 19.5 Å². The van der Waals surface area contributed by atoms with Gasteiger partial charge < -0.3 is 19.4 Å². The molecule has 0 saturated heterocycles. The first-order chi connectivity index (χ1) is 13.7. The molecular formula is C21H20ClN3O3. The first-order valence-corrected chi connectivity index (χ1v) is 9.48. The molecule has 0 radical (unpaired) electrons. The molecule has 1 aliphatic heterocycles. The highest BCUT2D eigenvalue weighted by molar-refractivity contribution is 6.32. The minimum absolute atomic E-state index is 0.208. The number of carbonyl (C=O) groups is 1. The van der Waals surface area contributed by atoms with Crippen molar-refractivity contribution in [2.75, 3.05) is 13.2 Å². The molecule has 0 atom stereocenters. The van der Waals surface area contributed by atoms with Crippen LogP contribution in [0.15, 0.2) is 55.1 Å². The predicted molar refractivity (Wildman–Crippen MR) is 106 cm³/mol. The maximum absolute atomic E-state index is 12.5. The molecule has 28 heavy (non-hydrogen) atoms. The molecule has 1 N–H and O–H groups in total. The molecule has 1 aliphatic rings. The van der Waals surface area contributed by atoms with Gasteiger partial charge in [0.25, 0.3) is 5.91 Å². The van der Waals surface area contributed by atoms with Gasteiger partial charge in [0.05, 0.1) is 24.6 Å². The van der Waals surface area contributed by atoms with E-state index in [1.807, 2.05) is 35.0 Å². The summed E-state index contributed by atoms with van der Waals surface area (Å²) in [6.45, 7) is 2.29. The smallest absolute Gasteiger partial charge is 0.251 e. The third-order valence-corrected chi connectivity index (χ3v) is 4.75. The Labute approximate surface area is 168 Å². The number of hydrogen-bond donors (Lipinski definition) is 1. The Hall–Kier alpha value is -2.99. The van der Waals surface area contributed by atoms with Crippen molar-refractivity contribution >= 4 is 17.5 Å². The van der Waals surface area contributed by atoms with Crippen LogP contribution < -0.4 is 14.8 Å². The fraction of sp³-hybridized carbons (Fsp3) is 0.238. The van der Waals surface area contributed by atoms with Gasteiger partial charge in [-0.15, -0.1) is 0 Å². The van der Waals surface area contributed by atoms with Crippen molar-refractivity contribution in [2.24, 2.45) is 0 Å². The molecule has 0 saturated carbocycles. The Morgan fingerprint density at radius 2 is 1.93 bits per heavy atom. The van der Waals surface area contributed by atoms with Crippen LogP contribution in [-0.4, -0.2) is 28.7 Å². The summed E-state index contributed by atoms with van der Waals surface area (Å²) >= 11 is 6.27. The molecule has 1 amide bonds. The zero-order valence-corrected chi connectivity index (χ0v) is 16.0. The number of benzene rings is 2. The van der Waals surface area contributed by atoms with Gasteiger partial charge >= 0.3 is 0 Å². The van der Waals surface area contributed by atoms with E-state index in [-0.39, 0.29) is 5.91 Å². The lowest BCUT2D eigenvalue weighted by atomic mass is 10.1. The summed E-state index contributed by atoms with van der Waals surface area (Å²) in [5.74, 6) is 0.809. The highest BCUT2D eigenvalue weighted by Gasteiger charge is 2.18. The van der Waals surface area contributed by atoms with E-state index >= 15 is 0 Å². The number of imidazole rings is 1. The first kappa shape index (κ1) is 18.4. The SMILES string of the molecule is O=C(NCc1ccc(Cn2ccnc2)cc1)c1cc(Cl)c2c(c1)OCCCO2. The second-order valence-corrected chi connectivity index (χ2v) is 6.98. The van der Waals surface area contributed by atoms with Crippen molar-refractivity contribution in [3.05, 3.63) is 76.8 Å². The van der Waals surface area contributed by atoms with Crippen molar-refractivity contribution < 1.29 is 14.3 Å².